The average molecular weight is 386 g/mol. The summed E-state index contributed by atoms with van der Waals surface area (Å²) >= 11 is 1.48. The molecule has 0 unspecified atom stereocenters. The zero-order valence-electron chi connectivity index (χ0n) is 15.1. The van der Waals surface area contributed by atoms with Crippen molar-refractivity contribution in [2.24, 2.45) is 0 Å². The molecule has 0 saturated carbocycles. The Labute approximate surface area is 160 Å². The second kappa shape index (κ2) is 8.26. The number of hydrogen-bond acceptors (Lipinski definition) is 5. The van der Waals surface area contributed by atoms with Crippen LogP contribution in [0.15, 0.2) is 41.9 Å². The van der Waals surface area contributed by atoms with Gasteiger partial charge in [-0.3, -0.25) is 14.2 Å². The largest absolute Gasteiger partial charge is 0.457 e. The zero-order chi connectivity index (χ0) is 19.4. The molecule has 140 valence electrons. The second-order valence-corrected chi connectivity index (χ2v) is 6.98. The molecule has 0 aliphatic rings. The molecule has 0 radical (unpaired) electrons. The normalized spacial score (nSPS) is 10.8. The number of hydrogen-bond donors (Lipinski definition) is 0. The van der Waals surface area contributed by atoms with Gasteiger partial charge in [-0.05, 0) is 38.0 Å². The summed E-state index contributed by atoms with van der Waals surface area (Å²) in [5, 5.41) is 2.65. The van der Waals surface area contributed by atoms with Crippen LogP contribution in [0.2, 0.25) is 0 Å². The Balaban J connectivity index is 1.59. The fourth-order valence-electron chi connectivity index (χ4n) is 2.90. The Morgan fingerprint density at radius 2 is 2.04 bits per heavy atom. The van der Waals surface area contributed by atoms with E-state index in [1.165, 1.54) is 17.4 Å². The maximum absolute atomic E-state index is 13.6. The number of Topliss-reactive ketones (excluding diaryl/α,β-unsaturated/α-hetero) is 1. The van der Waals surface area contributed by atoms with E-state index < -0.39 is 5.97 Å². The van der Waals surface area contributed by atoms with Gasteiger partial charge in [0.25, 0.3) is 0 Å². The molecule has 0 spiro atoms. The maximum atomic E-state index is 13.6. The standard InChI is InChI=1S/C20H19FN2O3S/c1-13-11-16(14(2)23(13)20-22-9-10-27-20)18(24)12-26-19(25)8-7-15-5-3-4-6-17(15)21/h3-6,9-11H,7-8,12H2,1-2H3. The zero-order valence-corrected chi connectivity index (χ0v) is 15.9. The summed E-state index contributed by atoms with van der Waals surface area (Å²) < 4.78 is 20.5. The van der Waals surface area contributed by atoms with Gasteiger partial charge < -0.3 is 4.74 Å². The number of rotatable bonds is 7. The Bertz CT molecular complexity index is 964. The maximum Gasteiger partial charge on any atom is 0.306 e. The quantitative estimate of drug-likeness (QED) is 0.454. The predicted octanol–water partition coefficient (Wildman–Crippen LogP) is 4.05. The molecular formula is C20H19FN2O3S. The SMILES string of the molecule is Cc1cc(C(=O)COC(=O)CCc2ccccc2F)c(C)n1-c1nccs1. The average Bonchev–Trinajstić information content (AvgIpc) is 3.26. The molecule has 2 aromatic heterocycles. The van der Waals surface area contributed by atoms with Crippen molar-refractivity contribution in [3.05, 3.63) is 70.2 Å². The molecule has 0 saturated heterocycles. The van der Waals surface area contributed by atoms with Gasteiger partial charge in [0.05, 0.1) is 0 Å². The highest BCUT2D eigenvalue weighted by atomic mass is 32.1. The Morgan fingerprint density at radius 1 is 1.26 bits per heavy atom. The molecule has 0 fully saturated rings. The van der Waals surface area contributed by atoms with Crippen LogP contribution in [0, 0.1) is 19.7 Å². The van der Waals surface area contributed by atoms with Crippen molar-refractivity contribution in [2.45, 2.75) is 26.7 Å². The van der Waals surface area contributed by atoms with Crippen LogP contribution in [0.1, 0.15) is 33.7 Å². The molecule has 0 atom stereocenters. The van der Waals surface area contributed by atoms with E-state index in [1.807, 2.05) is 23.8 Å². The van der Waals surface area contributed by atoms with Crippen LogP contribution >= 0.6 is 11.3 Å². The van der Waals surface area contributed by atoms with Gasteiger partial charge in [0.1, 0.15) is 5.82 Å². The van der Waals surface area contributed by atoms with Gasteiger partial charge in [-0.2, -0.15) is 0 Å². The fourth-order valence-corrected chi connectivity index (χ4v) is 3.65. The summed E-state index contributed by atoms with van der Waals surface area (Å²) in [5.41, 5.74) is 2.60. The van der Waals surface area contributed by atoms with Crippen LogP contribution in [0.4, 0.5) is 4.39 Å². The first-order chi connectivity index (χ1) is 13.0. The smallest absolute Gasteiger partial charge is 0.306 e. The number of halogens is 1. The molecule has 3 aromatic rings. The highest BCUT2D eigenvalue weighted by Gasteiger charge is 2.19. The summed E-state index contributed by atoms with van der Waals surface area (Å²) in [6, 6.07) is 8.05. The third-order valence-electron chi connectivity index (χ3n) is 4.26. The third-order valence-corrected chi connectivity index (χ3v) is 5.02. The molecule has 0 aliphatic carbocycles. The van der Waals surface area contributed by atoms with Gasteiger partial charge in [0.15, 0.2) is 11.7 Å². The van der Waals surface area contributed by atoms with Crippen molar-refractivity contribution in [3.63, 3.8) is 0 Å². The lowest BCUT2D eigenvalue weighted by molar-refractivity contribution is -0.142. The molecule has 7 heteroatoms. The lowest BCUT2D eigenvalue weighted by Gasteiger charge is -2.07. The number of thiazole rings is 1. The van der Waals surface area contributed by atoms with Crippen LogP contribution < -0.4 is 0 Å². The Kier molecular flexibility index (Phi) is 5.81. The number of ether oxygens (including phenoxy) is 1. The van der Waals surface area contributed by atoms with E-state index in [9.17, 15) is 14.0 Å². The van der Waals surface area contributed by atoms with Crippen LogP contribution in [0.5, 0.6) is 0 Å². The van der Waals surface area contributed by atoms with E-state index in [1.54, 1.807) is 30.5 Å². The highest BCUT2D eigenvalue weighted by molar-refractivity contribution is 7.12. The fraction of sp³-hybridized carbons (Fsp3) is 0.250. The number of nitrogens with zero attached hydrogens (tertiary/aromatic N) is 2. The van der Waals surface area contributed by atoms with Gasteiger partial charge in [-0.15, -0.1) is 11.3 Å². The van der Waals surface area contributed by atoms with E-state index in [0.29, 0.717) is 11.1 Å². The van der Waals surface area contributed by atoms with E-state index in [2.05, 4.69) is 4.98 Å². The van der Waals surface area contributed by atoms with Crippen LogP contribution in [0.25, 0.3) is 5.13 Å². The van der Waals surface area contributed by atoms with Gasteiger partial charge in [0.2, 0.25) is 5.78 Å². The topological polar surface area (TPSA) is 61.2 Å². The third kappa shape index (κ3) is 4.31. The number of carbonyl (C=O) groups excluding carboxylic acids is 2. The summed E-state index contributed by atoms with van der Waals surface area (Å²) in [6.45, 7) is 3.39. The summed E-state index contributed by atoms with van der Waals surface area (Å²) in [5.74, 6) is -1.15. The molecule has 0 bridgehead atoms. The van der Waals surface area contributed by atoms with Gasteiger partial charge in [0, 0.05) is 34.9 Å². The number of carbonyl (C=O) groups is 2. The van der Waals surface area contributed by atoms with E-state index in [-0.39, 0.29) is 31.0 Å². The van der Waals surface area contributed by atoms with E-state index in [4.69, 9.17) is 4.74 Å². The number of ketones is 1. The summed E-state index contributed by atoms with van der Waals surface area (Å²) in [6.07, 6.45) is 1.96. The highest BCUT2D eigenvalue weighted by Crippen LogP contribution is 2.22. The van der Waals surface area contributed by atoms with Crippen LogP contribution in [-0.4, -0.2) is 27.9 Å². The first-order valence-corrected chi connectivity index (χ1v) is 9.36. The predicted molar refractivity (Wildman–Crippen MR) is 101 cm³/mol. The number of esters is 1. The van der Waals surface area contributed by atoms with E-state index >= 15 is 0 Å². The van der Waals surface area contributed by atoms with Crippen molar-refractivity contribution in [2.75, 3.05) is 6.61 Å². The molecule has 0 N–H and O–H groups in total. The molecule has 5 nitrogen and oxygen atoms in total. The van der Waals surface area contributed by atoms with Crippen LogP contribution in [-0.2, 0) is 16.0 Å². The molecule has 3 rings (SSSR count). The first-order valence-electron chi connectivity index (χ1n) is 8.48. The second-order valence-electron chi connectivity index (χ2n) is 6.11. The lowest BCUT2D eigenvalue weighted by Crippen LogP contribution is -2.15. The summed E-state index contributed by atoms with van der Waals surface area (Å²) in [7, 11) is 0. The molecule has 0 aliphatic heterocycles. The lowest BCUT2D eigenvalue weighted by atomic mass is 10.1. The molecule has 0 amide bonds. The van der Waals surface area contributed by atoms with Crippen molar-refractivity contribution in [1.29, 1.82) is 0 Å². The van der Waals surface area contributed by atoms with Gasteiger partial charge >= 0.3 is 5.97 Å². The molecular weight excluding hydrogens is 367 g/mol. The van der Waals surface area contributed by atoms with E-state index in [0.717, 1.165) is 16.5 Å². The number of benzene rings is 1. The number of aromatic nitrogens is 2. The minimum Gasteiger partial charge on any atom is -0.457 e. The number of aryl methyl sites for hydroxylation is 2. The van der Waals surface area contributed by atoms with Gasteiger partial charge in [-0.25, -0.2) is 9.37 Å². The van der Waals surface area contributed by atoms with Crippen molar-refractivity contribution >= 4 is 23.1 Å². The summed E-state index contributed by atoms with van der Waals surface area (Å²) in [4.78, 5) is 28.6. The monoisotopic (exact) mass is 386 g/mol. The van der Waals surface area contributed by atoms with Crippen LogP contribution in [0.3, 0.4) is 0 Å². The Hall–Kier alpha value is -2.80. The van der Waals surface area contributed by atoms with Crippen molar-refractivity contribution < 1.29 is 18.7 Å². The minimum absolute atomic E-state index is 0.0202. The van der Waals surface area contributed by atoms with Crippen molar-refractivity contribution in [3.8, 4) is 5.13 Å². The van der Waals surface area contributed by atoms with Crippen molar-refractivity contribution in [1.82, 2.24) is 9.55 Å². The molecule has 2 heterocycles. The minimum atomic E-state index is -0.527. The Morgan fingerprint density at radius 3 is 2.74 bits per heavy atom. The van der Waals surface area contributed by atoms with Gasteiger partial charge in [-0.1, -0.05) is 18.2 Å². The molecule has 1 aromatic carbocycles. The molecule has 27 heavy (non-hydrogen) atoms. The first kappa shape index (κ1) is 19.0.